The van der Waals surface area contributed by atoms with E-state index in [1.54, 1.807) is 23.1 Å². The highest BCUT2D eigenvalue weighted by molar-refractivity contribution is 5.88. The number of unbranched alkanes of at least 4 members (excludes halogenated alkanes) is 3. The minimum Gasteiger partial charge on any atom is -0.478 e. The van der Waals surface area contributed by atoms with Gasteiger partial charge in [0.15, 0.2) is 0 Å². The summed E-state index contributed by atoms with van der Waals surface area (Å²) in [5, 5.41) is 11.9. The van der Waals surface area contributed by atoms with Crippen molar-refractivity contribution in [1.82, 2.24) is 10.2 Å². The van der Waals surface area contributed by atoms with Crippen molar-refractivity contribution in [3.8, 4) is 0 Å². The van der Waals surface area contributed by atoms with Crippen molar-refractivity contribution in [1.29, 1.82) is 0 Å². The molecule has 0 radical (unpaired) electrons. The highest BCUT2D eigenvalue weighted by atomic mass is 16.4. The van der Waals surface area contributed by atoms with Gasteiger partial charge in [0.2, 0.25) is 0 Å². The van der Waals surface area contributed by atoms with Crippen LogP contribution < -0.4 is 5.32 Å². The molecule has 2 amide bonds. The molecule has 1 aliphatic rings. The molecule has 1 aliphatic heterocycles. The minimum absolute atomic E-state index is 0.0698. The van der Waals surface area contributed by atoms with Crippen LogP contribution in [0.1, 0.15) is 54.1 Å². The molecule has 0 spiro atoms. The van der Waals surface area contributed by atoms with E-state index in [0.717, 1.165) is 24.0 Å². The molecule has 5 nitrogen and oxygen atoms in total. The number of nitrogens with one attached hydrogen (secondary N) is 1. The van der Waals surface area contributed by atoms with Gasteiger partial charge in [-0.3, -0.25) is 0 Å². The number of rotatable bonds is 6. The number of urea groups is 1. The van der Waals surface area contributed by atoms with Crippen molar-refractivity contribution >= 4 is 12.0 Å². The molecule has 0 bridgehead atoms. The molecule has 0 fully saturated rings. The first-order chi connectivity index (χ1) is 10.1. The van der Waals surface area contributed by atoms with Gasteiger partial charge in [-0.2, -0.15) is 0 Å². The molecule has 2 rings (SSSR count). The lowest BCUT2D eigenvalue weighted by Crippen LogP contribution is -2.36. The van der Waals surface area contributed by atoms with Gasteiger partial charge >= 0.3 is 12.0 Å². The van der Waals surface area contributed by atoms with Crippen molar-refractivity contribution in [2.24, 2.45) is 0 Å². The number of carboxylic acids is 1. The molecular formula is C16H22N2O3. The highest BCUT2D eigenvalue weighted by Gasteiger charge is 2.23. The normalized spacial score (nSPS) is 13.1. The van der Waals surface area contributed by atoms with Gasteiger partial charge in [0.05, 0.1) is 5.56 Å². The predicted octanol–water partition coefficient (Wildman–Crippen LogP) is 2.99. The highest BCUT2D eigenvalue weighted by Crippen LogP contribution is 2.23. The average molecular weight is 290 g/mol. The fourth-order valence-electron chi connectivity index (χ4n) is 2.53. The van der Waals surface area contributed by atoms with Crippen LogP contribution in [0.5, 0.6) is 0 Å². The molecule has 0 aromatic heterocycles. The Bertz CT molecular complexity index is 528. The summed E-state index contributed by atoms with van der Waals surface area (Å²) in [7, 11) is 0. The summed E-state index contributed by atoms with van der Waals surface area (Å²) in [6, 6.07) is 4.98. The molecule has 1 heterocycles. The molecule has 1 aromatic carbocycles. The van der Waals surface area contributed by atoms with Gasteiger partial charge in [-0.15, -0.1) is 0 Å². The fourth-order valence-corrected chi connectivity index (χ4v) is 2.53. The summed E-state index contributed by atoms with van der Waals surface area (Å²) in [4.78, 5) is 24.7. The SMILES string of the molecule is CCCCCCNC(=O)N1Cc2ccc(C(=O)O)cc2C1. The number of benzene rings is 1. The number of aromatic carboxylic acids is 1. The Balaban J connectivity index is 1.84. The summed E-state index contributed by atoms with van der Waals surface area (Å²) < 4.78 is 0. The van der Waals surface area contributed by atoms with E-state index in [1.807, 2.05) is 0 Å². The lowest BCUT2D eigenvalue weighted by atomic mass is 10.1. The number of hydrogen-bond acceptors (Lipinski definition) is 2. The summed E-state index contributed by atoms with van der Waals surface area (Å²) in [6.07, 6.45) is 4.52. The van der Waals surface area contributed by atoms with Crippen LogP contribution in [0.2, 0.25) is 0 Å². The second-order valence-electron chi connectivity index (χ2n) is 5.44. The van der Waals surface area contributed by atoms with Gasteiger partial charge in [-0.1, -0.05) is 32.3 Å². The van der Waals surface area contributed by atoms with Crippen molar-refractivity contribution in [3.63, 3.8) is 0 Å². The summed E-state index contributed by atoms with van der Waals surface area (Å²) in [5.41, 5.74) is 2.23. The zero-order chi connectivity index (χ0) is 15.2. The second kappa shape index (κ2) is 7.11. The molecule has 0 saturated heterocycles. The van der Waals surface area contributed by atoms with E-state index >= 15 is 0 Å². The monoisotopic (exact) mass is 290 g/mol. The van der Waals surface area contributed by atoms with E-state index in [1.165, 1.54) is 12.8 Å². The molecule has 2 N–H and O–H groups in total. The van der Waals surface area contributed by atoms with Crippen molar-refractivity contribution < 1.29 is 14.7 Å². The molecule has 0 atom stereocenters. The number of nitrogens with zero attached hydrogens (tertiary/aromatic N) is 1. The molecular weight excluding hydrogens is 268 g/mol. The molecule has 0 unspecified atom stereocenters. The van der Waals surface area contributed by atoms with Crippen molar-refractivity contribution in [3.05, 3.63) is 34.9 Å². The second-order valence-corrected chi connectivity index (χ2v) is 5.44. The first-order valence-electron chi connectivity index (χ1n) is 7.49. The van der Waals surface area contributed by atoms with Crippen LogP contribution in [0.4, 0.5) is 4.79 Å². The lowest BCUT2D eigenvalue weighted by Gasteiger charge is -2.16. The zero-order valence-corrected chi connectivity index (χ0v) is 12.4. The Morgan fingerprint density at radius 2 is 1.95 bits per heavy atom. The molecule has 114 valence electrons. The fraction of sp³-hybridized carbons (Fsp3) is 0.500. The van der Waals surface area contributed by atoms with Gasteiger partial charge < -0.3 is 15.3 Å². The first-order valence-corrected chi connectivity index (χ1v) is 7.49. The quantitative estimate of drug-likeness (QED) is 0.791. The van der Waals surface area contributed by atoms with Crippen molar-refractivity contribution in [2.45, 2.75) is 45.7 Å². The van der Waals surface area contributed by atoms with Gasteiger partial charge in [-0.05, 0) is 29.7 Å². The van der Waals surface area contributed by atoms with E-state index < -0.39 is 5.97 Å². The Kier molecular flexibility index (Phi) is 5.20. The van der Waals surface area contributed by atoms with E-state index in [0.29, 0.717) is 19.6 Å². The standard InChI is InChI=1S/C16H22N2O3/c1-2-3-4-5-8-17-16(21)18-10-13-7-6-12(15(19)20)9-14(13)11-18/h6-7,9H,2-5,8,10-11H2,1H3,(H,17,21)(H,19,20). The number of carbonyl (C=O) groups excluding carboxylic acids is 1. The lowest BCUT2D eigenvalue weighted by molar-refractivity contribution is 0.0696. The van der Waals surface area contributed by atoms with E-state index in [2.05, 4.69) is 12.2 Å². The van der Waals surface area contributed by atoms with Crippen LogP contribution in [0, 0.1) is 0 Å². The first kappa shape index (κ1) is 15.4. The van der Waals surface area contributed by atoms with Gasteiger partial charge in [-0.25, -0.2) is 9.59 Å². The molecule has 1 aromatic rings. The largest absolute Gasteiger partial charge is 0.478 e. The number of amides is 2. The van der Waals surface area contributed by atoms with Gasteiger partial charge in [0, 0.05) is 19.6 Å². The summed E-state index contributed by atoms with van der Waals surface area (Å²) in [5.74, 6) is -0.934. The predicted molar refractivity (Wildman–Crippen MR) is 80.2 cm³/mol. The molecule has 21 heavy (non-hydrogen) atoms. The third kappa shape index (κ3) is 3.97. The van der Waals surface area contributed by atoms with Crippen LogP contribution in [0.15, 0.2) is 18.2 Å². The Morgan fingerprint density at radius 3 is 2.67 bits per heavy atom. The summed E-state index contributed by atoms with van der Waals surface area (Å²) >= 11 is 0. The maximum absolute atomic E-state index is 12.1. The van der Waals surface area contributed by atoms with Crippen LogP contribution in [0.25, 0.3) is 0 Å². The Morgan fingerprint density at radius 1 is 1.19 bits per heavy atom. The van der Waals surface area contributed by atoms with Crippen LogP contribution in [0.3, 0.4) is 0 Å². The van der Waals surface area contributed by atoms with Crippen LogP contribution in [-0.2, 0) is 13.1 Å². The third-order valence-electron chi connectivity index (χ3n) is 3.77. The maximum atomic E-state index is 12.1. The zero-order valence-electron chi connectivity index (χ0n) is 12.4. The molecule has 5 heteroatoms. The van der Waals surface area contributed by atoms with Crippen molar-refractivity contribution in [2.75, 3.05) is 6.54 Å². The number of hydrogen-bond donors (Lipinski definition) is 2. The number of carbonyl (C=O) groups is 2. The summed E-state index contributed by atoms with van der Waals surface area (Å²) in [6.45, 7) is 3.89. The number of fused-ring (bicyclic) bond motifs is 1. The van der Waals surface area contributed by atoms with Crippen LogP contribution >= 0.6 is 0 Å². The molecule has 0 aliphatic carbocycles. The molecule has 0 saturated carbocycles. The minimum atomic E-state index is -0.934. The maximum Gasteiger partial charge on any atom is 0.335 e. The average Bonchev–Trinajstić information content (AvgIpc) is 2.89. The topological polar surface area (TPSA) is 69.6 Å². The Labute approximate surface area is 125 Å². The Hall–Kier alpha value is -2.04. The smallest absolute Gasteiger partial charge is 0.335 e. The van der Waals surface area contributed by atoms with E-state index in [-0.39, 0.29) is 11.6 Å². The van der Waals surface area contributed by atoms with Gasteiger partial charge in [0.25, 0.3) is 0 Å². The third-order valence-corrected chi connectivity index (χ3v) is 3.77. The van der Waals surface area contributed by atoms with E-state index in [9.17, 15) is 9.59 Å². The van der Waals surface area contributed by atoms with Gasteiger partial charge in [0.1, 0.15) is 0 Å². The van der Waals surface area contributed by atoms with Crippen LogP contribution in [-0.4, -0.2) is 28.6 Å². The van der Waals surface area contributed by atoms with E-state index in [4.69, 9.17) is 5.11 Å². The number of carboxylic acid groups (broad SMARTS) is 1.